The summed E-state index contributed by atoms with van der Waals surface area (Å²) in [6.07, 6.45) is 0.860. The Hall–Kier alpha value is -1.09. The number of amides is 1. The molecule has 1 aromatic carbocycles. The van der Waals surface area contributed by atoms with E-state index in [4.69, 9.17) is 0 Å². The zero-order valence-electron chi connectivity index (χ0n) is 8.72. The SMILES string of the molecule is C=C(Br)CNC(=O)c1ccccc1CC. The molecule has 0 aliphatic heterocycles. The van der Waals surface area contributed by atoms with Gasteiger partial charge in [-0.1, -0.05) is 47.6 Å². The van der Waals surface area contributed by atoms with Gasteiger partial charge < -0.3 is 5.32 Å². The van der Waals surface area contributed by atoms with Crippen molar-refractivity contribution in [3.63, 3.8) is 0 Å². The summed E-state index contributed by atoms with van der Waals surface area (Å²) < 4.78 is 0.768. The van der Waals surface area contributed by atoms with Crippen LogP contribution in [0.4, 0.5) is 0 Å². The molecule has 1 N–H and O–H groups in total. The smallest absolute Gasteiger partial charge is 0.251 e. The fourth-order valence-electron chi connectivity index (χ4n) is 1.32. The van der Waals surface area contributed by atoms with E-state index in [0.717, 1.165) is 22.0 Å². The fourth-order valence-corrected chi connectivity index (χ4v) is 1.46. The van der Waals surface area contributed by atoms with Crippen LogP contribution < -0.4 is 5.32 Å². The Bertz CT molecular complexity index is 374. The van der Waals surface area contributed by atoms with Gasteiger partial charge in [0.2, 0.25) is 0 Å². The Balaban J connectivity index is 2.77. The minimum absolute atomic E-state index is 0.0481. The van der Waals surface area contributed by atoms with Crippen LogP contribution in [0.2, 0.25) is 0 Å². The van der Waals surface area contributed by atoms with E-state index in [9.17, 15) is 4.79 Å². The van der Waals surface area contributed by atoms with Crippen LogP contribution in [0, 0.1) is 0 Å². The molecule has 15 heavy (non-hydrogen) atoms. The van der Waals surface area contributed by atoms with Gasteiger partial charge in [0.25, 0.3) is 5.91 Å². The molecule has 1 amide bonds. The van der Waals surface area contributed by atoms with E-state index >= 15 is 0 Å². The topological polar surface area (TPSA) is 29.1 Å². The van der Waals surface area contributed by atoms with Crippen LogP contribution in [0.1, 0.15) is 22.8 Å². The molecule has 80 valence electrons. The Labute approximate surface area is 98.5 Å². The monoisotopic (exact) mass is 267 g/mol. The van der Waals surface area contributed by atoms with Gasteiger partial charge in [0, 0.05) is 16.6 Å². The maximum atomic E-state index is 11.8. The average molecular weight is 268 g/mol. The predicted molar refractivity (Wildman–Crippen MR) is 66.2 cm³/mol. The lowest BCUT2D eigenvalue weighted by molar-refractivity contribution is 0.0957. The van der Waals surface area contributed by atoms with Crippen molar-refractivity contribution in [1.82, 2.24) is 5.32 Å². The number of aryl methyl sites for hydroxylation is 1. The zero-order valence-corrected chi connectivity index (χ0v) is 10.3. The third-order valence-electron chi connectivity index (χ3n) is 2.08. The summed E-state index contributed by atoms with van der Waals surface area (Å²) in [6, 6.07) is 7.62. The predicted octanol–water partition coefficient (Wildman–Crippen LogP) is 2.89. The molecule has 0 radical (unpaired) electrons. The molecule has 0 bridgehead atoms. The second-order valence-corrected chi connectivity index (χ2v) is 4.33. The van der Waals surface area contributed by atoms with Gasteiger partial charge in [-0.2, -0.15) is 0 Å². The van der Waals surface area contributed by atoms with E-state index in [1.807, 2.05) is 31.2 Å². The van der Waals surface area contributed by atoms with Crippen molar-refractivity contribution in [1.29, 1.82) is 0 Å². The summed E-state index contributed by atoms with van der Waals surface area (Å²) in [4.78, 5) is 11.8. The van der Waals surface area contributed by atoms with Gasteiger partial charge in [0.05, 0.1) is 0 Å². The van der Waals surface area contributed by atoms with Crippen molar-refractivity contribution >= 4 is 21.8 Å². The highest BCUT2D eigenvalue weighted by atomic mass is 79.9. The molecular weight excluding hydrogens is 254 g/mol. The summed E-state index contributed by atoms with van der Waals surface area (Å²) in [5, 5.41) is 2.79. The molecule has 0 saturated carbocycles. The number of hydrogen-bond acceptors (Lipinski definition) is 1. The molecule has 0 fully saturated rings. The lowest BCUT2D eigenvalue weighted by Crippen LogP contribution is -2.25. The van der Waals surface area contributed by atoms with Crippen molar-refractivity contribution in [2.75, 3.05) is 6.54 Å². The van der Waals surface area contributed by atoms with Gasteiger partial charge in [-0.05, 0) is 18.1 Å². The lowest BCUT2D eigenvalue weighted by Gasteiger charge is -2.07. The molecule has 0 saturated heterocycles. The molecular formula is C12H14BrNO. The molecule has 2 nitrogen and oxygen atoms in total. The Morgan fingerprint density at radius 3 is 2.73 bits per heavy atom. The third-order valence-corrected chi connectivity index (χ3v) is 2.36. The first kappa shape index (κ1) is 12.0. The average Bonchev–Trinajstić information content (AvgIpc) is 2.25. The number of hydrogen-bond donors (Lipinski definition) is 1. The number of nitrogens with one attached hydrogen (secondary N) is 1. The number of halogens is 1. The molecule has 3 heteroatoms. The third kappa shape index (κ3) is 3.51. The second-order valence-electron chi connectivity index (χ2n) is 3.21. The first-order valence-corrected chi connectivity index (χ1v) is 5.63. The van der Waals surface area contributed by atoms with E-state index in [1.54, 1.807) is 0 Å². The van der Waals surface area contributed by atoms with Gasteiger partial charge in [0.15, 0.2) is 0 Å². The van der Waals surface area contributed by atoms with Gasteiger partial charge in [-0.25, -0.2) is 0 Å². The minimum Gasteiger partial charge on any atom is -0.347 e. The van der Waals surface area contributed by atoms with Gasteiger partial charge in [0.1, 0.15) is 0 Å². The van der Waals surface area contributed by atoms with E-state index in [1.165, 1.54) is 0 Å². The Morgan fingerprint density at radius 1 is 1.47 bits per heavy atom. The molecule has 1 aromatic rings. The first-order chi connectivity index (χ1) is 7.15. The second kappa shape index (κ2) is 5.71. The fraction of sp³-hybridized carbons (Fsp3) is 0.250. The molecule has 0 aliphatic carbocycles. The molecule has 0 unspecified atom stereocenters. The largest absolute Gasteiger partial charge is 0.347 e. The van der Waals surface area contributed by atoms with Crippen LogP contribution in [-0.2, 0) is 6.42 Å². The molecule has 0 atom stereocenters. The zero-order chi connectivity index (χ0) is 11.3. The summed E-state index contributed by atoms with van der Waals surface area (Å²) in [5.74, 6) is -0.0481. The number of carbonyl (C=O) groups excluding carboxylic acids is 1. The van der Waals surface area contributed by atoms with Crippen LogP contribution in [0.3, 0.4) is 0 Å². The van der Waals surface area contributed by atoms with Crippen LogP contribution in [-0.4, -0.2) is 12.5 Å². The van der Waals surface area contributed by atoms with Crippen LogP contribution in [0.15, 0.2) is 35.3 Å². The Morgan fingerprint density at radius 2 is 2.13 bits per heavy atom. The normalized spacial score (nSPS) is 9.73. The summed E-state index contributed by atoms with van der Waals surface area (Å²) in [7, 11) is 0. The van der Waals surface area contributed by atoms with E-state index in [2.05, 4.69) is 27.8 Å². The number of carbonyl (C=O) groups is 1. The first-order valence-electron chi connectivity index (χ1n) is 4.84. The lowest BCUT2D eigenvalue weighted by atomic mass is 10.0. The van der Waals surface area contributed by atoms with Crippen molar-refractivity contribution in [3.05, 3.63) is 46.5 Å². The van der Waals surface area contributed by atoms with E-state index < -0.39 is 0 Å². The van der Waals surface area contributed by atoms with E-state index in [0.29, 0.717) is 6.54 Å². The minimum atomic E-state index is -0.0481. The maximum absolute atomic E-state index is 11.8. The van der Waals surface area contributed by atoms with Crippen molar-refractivity contribution in [3.8, 4) is 0 Å². The quantitative estimate of drug-likeness (QED) is 0.893. The molecule has 0 heterocycles. The Kier molecular flexibility index (Phi) is 4.56. The van der Waals surface area contributed by atoms with Crippen molar-refractivity contribution in [2.24, 2.45) is 0 Å². The number of rotatable bonds is 4. The van der Waals surface area contributed by atoms with Gasteiger partial charge >= 0.3 is 0 Å². The standard InChI is InChI=1S/C12H14BrNO/c1-3-10-6-4-5-7-11(10)12(15)14-8-9(2)13/h4-7H,2-3,8H2,1H3,(H,14,15). The highest BCUT2D eigenvalue weighted by Crippen LogP contribution is 2.09. The summed E-state index contributed by atoms with van der Waals surface area (Å²) >= 11 is 3.20. The van der Waals surface area contributed by atoms with Crippen molar-refractivity contribution < 1.29 is 4.79 Å². The van der Waals surface area contributed by atoms with Gasteiger partial charge in [-0.3, -0.25) is 4.79 Å². The van der Waals surface area contributed by atoms with E-state index in [-0.39, 0.29) is 5.91 Å². The van der Waals surface area contributed by atoms with Crippen LogP contribution in [0.25, 0.3) is 0 Å². The molecule has 0 aromatic heterocycles. The number of benzene rings is 1. The summed E-state index contributed by atoms with van der Waals surface area (Å²) in [5.41, 5.74) is 1.81. The van der Waals surface area contributed by atoms with Crippen LogP contribution in [0.5, 0.6) is 0 Å². The maximum Gasteiger partial charge on any atom is 0.251 e. The molecule has 0 spiro atoms. The van der Waals surface area contributed by atoms with Crippen LogP contribution >= 0.6 is 15.9 Å². The highest BCUT2D eigenvalue weighted by Gasteiger charge is 2.08. The molecule has 1 rings (SSSR count). The highest BCUT2D eigenvalue weighted by molar-refractivity contribution is 9.11. The van der Waals surface area contributed by atoms with Crippen molar-refractivity contribution in [2.45, 2.75) is 13.3 Å². The summed E-state index contributed by atoms with van der Waals surface area (Å²) in [6.45, 7) is 6.16. The molecule has 0 aliphatic rings. The van der Waals surface area contributed by atoms with Gasteiger partial charge in [-0.15, -0.1) is 0 Å².